The normalized spacial score (nSPS) is 22.2. The first-order chi connectivity index (χ1) is 10.1. The van der Waals surface area contributed by atoms with Crippen LogP contribution < -0.4 is 0 Å². The fourth-order valence-electron chi connectivity index (χ4n) is 2.86. The highest BCUT2D eigenvalue weighted by molar-refractivity contribution is 5.71. The molecule has 2 rings (SSSR count). The van der Waals surface area contributed by atoms with E-state index in [1.165, 1.54) is 7.11 Å². The highest BCUT2D eigenvalue weighted by atomic mass is 16.5. The number of benzene rings is 1. The maximum atomic E-state index is 11.6. The molecule has 0 aliphatic heterocycles. The number of phenolic OH excluding ortho intramolecular Hbond substituents is 1. The molecular formula is C16H23NO4. The van der Waals surface area contributed by atoms with E-state index in [2.05, 4.69) is 4.90 Å². The number of carbonyl (C=O) groups excluding carboxylic acids is 1. The van der Waals surface area contributed by atoms with Gasteiger partial charge in [-0.2, -0.15) is 0 Å². The van der Waals surface area contributed by atoms with Crippen molar-refractivity contribution < 1.29 is 19.7 Å². The summed E-state index contributed by atoms with van der Waals surface area (Å²) >= 11 is 0. The number of hydrogen-bond donors (Lipinski definition) is 2. The summed E-state index contributed by atoms with van der Waals surface area (Å²) in [5.41, 5.74) is 0.963. The Hall–Kier alpha value is -1.59. The van der Waals surface area contributed by atoms with Crippen LogP contribution in [0.15, 0.2) is 24.3 Å². The molecular weight excluding hydrogens is 270 g/mol. The van der Waals surface area contributed by atoms with E-state index in [-0.39, 0.29) is 30.4 Å². The molecule has 0 heterocycles. The van der Waals surface area contributed by atoms with E-state index < -0.39 is 0 Å². The third-order valence-corrected chi connectivity index (χ3v) is 4.04. The van der Waals surface area contributed by atoms with Gasteiger partial charge in [0.15, 0.2) is 0 Å². The number of phenols is 1. The number of aliphatic hydroxyl groups is 1. The summed E-state index contributed by atoms with van der Waals surface area (Å²) in [4.78, 5) is 13.7. The lowest BCUT2D eigenvalue weighted by Crippen LogP contribution is -2.41. The van der Waals surface area contributed by atoms with Crippen molar-refractivity contribution in [3.8, 4) is 5.75 Å². The second-order valence-electron chi connectivity index (χ2n) is 5.61. The number of aromatic hydroxyl groups is 1. The molecule has 1 aliphatic rings. The Morgan fingerprint density at radius 2 is 2.05 bits per heavy atom. The van der Waals surface area contributed by atoms with Crippen LogP contribution >= 0.6 is 0 Å². The van der Waals surface area contributed by atoms with E-state index in [0.29, 0.717) is 6.54 Å². The first kappa shape index (κ1) is 15.8. The zero-order chi connectivity index (χ0) is 15.2. The Morgan fingerprint density at radius 3 is 2.67 bits per heavy atom. The van der Waals surface area contributed by atoms with Crippen molar-refractivity contribution in [2.75, 3.05) is 13.7 Å². The second-order valence-corrected chi connectivity index (χ2v) is 5.61. The summed E-state index contributed by atoms with van der Waals surface area (Å²) in [6, 6.07) is 7.33. The molecule has 0 bridgehead atoms. The van der Waals surface area contributed by atoms with Gasteiger partial charge < -0.3 is 14.9 Å². The highest BCUT2D eigenvalue weighted by Crippen LogP contribution is 2.25. The highest BCUT2D eigenvalue weighted by Gasteiger charge is 2.26. The number of esters is 1. The van der Waals surface area contributed by atoms with Crippen LogP contribution in [0.4, 0.5) is 0 Å². The Morgan fingerprint density at radius 1 is 1.33 bits per heavy atom. The van der Waals surface area contributed by atoms with E-state index in [9.17, 15) is 15.0 Å². The lowest BCUT2D eigenvalue weighted by molar-refractivity contribution is -0.143. The molecule has 5 heteroatoms. The van der Waals surface area contributed by atoms with Crippen molar-refractivity contribution in [3.05, 3.63) is 29.8 Å². The largest absolute Gasteiger partial charge is 0.508 e. The molecule has 1 aromatic carbocycles. The quantitative estimate of drug-likeness (QED) is 0.808. The van der Waals surface area contributed by atoms with E-state index in [0.717, 1.165) is 31.2 Å². The smallest absolute Gasteiger partial charge is 0.319 e. The average molecular weight is 293 g/mol. The van der Waals surface area contributed by atoms with Gasteiger partial charge in [-0.25, -0.2) is 0 Å². The van der Waals surface area contributed by atoms with Gasteiger partial charge in [-0.3, -0.25) is 9.69 Å². The molecule has 0 atom stereocenters. The molecule has 0 amide bonds. The van der Waals surface area contributed by atoms with Crippen LogP contribution in [-0.2, 0) is 16.1 Å². The predicted octanol–water partition coefficient (Wildman–Crippen LogP) is 1.67. The Bertz CT molecular complexity index is 469. The standard InChI is InChI=1S/C16H23NO4/c1-21-16(20)11-17(13-5-7-14(18)8-6-13)10-12-3-2-4-15(19)9-12/h2-4,9,13-14,18-19H,5-8,10-11H2,1H3. The number of ether oxygens (including phenoxy) is 1. The maximum absolute atomic E-state index is 11.6. The van der Waals surface area contributed by atoms with Gasteiger partial charge in [-0.1, -0.05) is 12.1 Å². The third kappa shape index (κ3) is 4.72. The van der Waals surface area contributed by atoms with Crippen molar-refractivity contribution in [3.63, 3.8) is 0 Å². The number of methoxy groups -OCH3 is 1. The number of nitrogens with zero attached hydrogens (tertiary/aromatic N) is 1. The van der Waals surface area contributed by atoms with Crippen LogP contribution in [0.25, 0.3) is 0 Å². The van der Waals surface area contributed by atoms with E-state index in [1.54, 1.807) is 18.2 Å². The monoisotopic (exact) mass is 293 g/mol. The maximum Gasteiger partial charge on any atom is 0.319 e. The molecule has 5 nitrogen and oxygen atoms in total. The zero-order valence-corrected chi connectivity index (χ0v) is 12.4. The molecule has 1 fully saturated rings. The summed E-state index contributed by atoms with van der Waals surface area (Å²) in [7, 11) is 1.39. The van der Waals surface area contributed by atoms with Crippen molar-refractivity contribution in [1.29, 1.82) is 0 Å². The van der Waals surface area contributed by atoms with Gasteiger partial charge >= 0.3 is 5.97 Å². The average Bonchev–Trinajstić information content (AvgIpc) is 2.47. The van der Waals surface area contributed by atoms with Gasteiger partial charge in [0, 0.05) is 12.6 Å². The molecule has 1 saturated carbocycles. The molecule has 0 aromatic heterocycles. The molecule has 0 unspecified atom stereocenters. The molecule has 0 spiro atoms. The number of aliphatic hydroxyl groups excluding tert-OH is 1. The summed E-state index contributed by atoms with van der Waals surface area (Å²) in [6.45, 7) is 0.817. The van der Waals surface area contributed by atoms with Gasteiger partial charge in [-0.05, 0) is 43.4 Å². The van der Waals surface area contributed by atoms with Crippen LogP contribution in [0.2, 0.25) is 0 Å². The van der Waals surface area contributed by atoms with Crippen LogP contribution in [-0.4, -0.2) is 46.9 Å². The second kappa shape index (κ2) is 7.43. The predicted molar refractivity (Wildman–Crippen MR) is 78.8 cm³/mol. The fourth-order valence-corrected chi connectivity index (χ4v) is 2.86. The number of hydrogen-bond acceptors (Lipinski definition) is 5. The third-order valence-electron chi connectivity index (χ3n) is 4.04. The topological polar surface area (TPSA) is 70.0 Å². The van der Waals surface area contributed by atoms with Crippen LogP contribution in [0.5, 0.6) is 5.75 Å². The van der Waals surface area contributed by atoms with Crippen molar-refractivity contribution >= 4 is 5.97 Å². The lowest BCUT2D eigenvalue weighted by atomic mass is 9.91. The van der Waals surface area contributed by atoms with Crippen molar-refractivity contribution in [2.24, 2.45) is 0 Å². The Labute approximate surface area is 125 Å². The zero-order valence-electron chi connectivity index (χ0n) is 12.4. The molecule has 1 aromatic rings. The minimum absolute atomic E-state index is 0.220. The molecule has 0 radical (unpaired) electrons. The number of carbonyl (C=O) groups is 1. The molecule has 2 N–H and O–H groups in total. The minimum Gasteiger partial charge on any atom is -0.508 e. The fraction of sp³-hybridized carbons (Fsp3) is 0.562. The van der Waals surface area contributed by atoms with Crippen molar-refractivity contribution in [2.45, 2.75) is 44.4 Å². The van der Waals surface area contributed by atoms with Gasteiger partial charge in [-0.15, -0.1) is 0 Å². The lowest BCUT2D eigenvalue weighted by Gasteiger charge is -2.35. The molecule has 116 valence electrons. The van der Waals surface area contributed by atoms with Gasteiger partial charge in [0.2, 0.25) is 0 Å². The van der Waals surface area contributed by atoms with Crippen LogP contribution in [0.1, 0.15) is 31.2 Å². The van der Waals surface area contributed by atoms with Crippen molar-refractivity contribution in [1.82, 2.24) is 4.90 Å². The van der Waals surface area contributed by atoms with Gasteiger partial charge in [0.25, 0.3) is 0 Å². The van der Waals surface area contributed by atoms with Crippen LogP contribution in [0.3, 0.4) is 0 Å². The van der Waals surface area contributed by atoms with E-state index in [4.69, 9.17) is 4.74 Å². The number of rotatable bonds is 5. The van der Waals surface area contributed by atoms with E-state index >= 15 is 0 Å². The SMILES string of the molecule is COC(=O)CN(Cc1cccc(O)c1)C1CCC(O)CC1. The van der Waals surface area contributed by atoms with Gasteiger partial charge in [0.05, 0.1) is 19.8 Å². The summed E-state index contributed by atoms with van der Waals surface area (Å²) in [5, 5.41) is 19.2. The molecule has 1 aliphatic carbocycles. The Balaban J connectivity index is 2.06. The summed E-state index contributed by atoms with van der Waals surface area (Å²) in [5.74, 6) is -0.0362. The molecule has 0 saturated heterocycles. The van der Waals surface area contributed by atoms with Crippen LogP contribution in [0, 0.1) is 0 Å². The summed E-state index contributed by atoms with van der Waals surface area (Å²) in [6.07, 6.45) is 3.06. The van der Waals surface area contributed by atoms with Gasteiger partial charge in [0.1, 0.15) is 5.75 Å². The first-order valence-electron chi connectivity index (χ1n) is 7.35. The minimum atomic E-state index is -0.263. The Kier molecular flexibility index (Phi) is 5.59. The first-order valence-corrected chi connectivity index (χ1v) is 7.35. The van der Waals surface area contributed by atoms with E-state index in [1.807, 2.05) is 6.07 Å². The molecule has 21 heavy (non-hydrogen) atoms. The summed E-state index contributed by atoms with van der Waals surface area (Å²) < 4.78 is 4.77.